The van der Waals surface area contributed by atoms with E-state index in [2.05, 4.69) is 29.8 Å². The number of rotatable bonds is 4. The molecule has 0 saturated carbocycles. The maximum atomic E-state index is 5.90. The molecule has 2 atom stereocenters. The van der Waals surface area contributed by atoms with Gasteiger partial charge in [-0.15, -0.1) is 11.3 Å². The fourth-order valence-electron chi connectivity index (χ4n) is 1.95. The van der Waals surface area contributed by atoms with E-state index in [1.54, 1.807) is 11.3 Å². The van der Waals surface area contributed by atoms with E-state index in [0.717, 1.165) is 13.2 Å². The Bertz CT molecular complexity index is 267. The second-order valence-electron chi connectivity index (χ2n) is 4.20. The molecule has 1 aromatic heterocycles. The van der Waals surface area contributed by atoms with Crippen molar-refractivity contribution < 1.29 is 4.74 Å². The zero-order chi connectivity index (χ0) is 10.5. The Morgan fingerprint density at radius 1 is 1.67 bits per heavy atom. The number of hydrogen-bond acceptors (Lipinski definition) is 3. The van der Waals surface area contributed by atoms with Crippen LogP contribution in [-0.2, 0) is 4.74 Å². The Hall–Kier alpha value is -0.380. The van der Waals surface area contributed by atoms with E-state index in [4.69, 9.17) is 4.74 Å². The first-order valence-corrected chi connectivity index (χ1v) is 6.60. The lowest BCUT2D eigenvalue weighted by atomic mass is 10.0. The standard InChI is InChI=1S/C12H19NOS/c1-10(12-5-3-7-15-12)14-9-11-4-2-6-13-8-11/h3,5,7,10-11,13H,2,4,6,8-9H2,1H3/t10-,11+/m1/s1. The third kappa shape index (κ3) is 3.30. The minimum absolute atomic E-state index is 0.256. The van der Waals surface area contributed by atoms with Crippen molar-refractivity contribution in [3.05, 3.63) is 22.4 Å². The van der Waals surface area contributed by atoms with Crippen molar-refractivity contribution >= 4 is 11.3 Å². The van der Waals surface area contributed by atoms with Crippen molar-refractivity contribution in [3.8, 4) is 0 Å². The zero-order valence-electron chi connectivity index (χ0n) is 9.24. The lowest BCUT2D eigenvalue weighted by Crippen LogP contribution is -2.32. The molecular formula is C12H19NOS. The zero-order valence-corrected chi connectivity index (χ0v) is 10.1. The molecule has 2 rings (SSSR count). The molecule has 0 amide bonds. The molecule has 2 nitrogen and oxygen atoms in total. The van der Waals surface area contributed by atoms with Crippen LogP contribution in [0, 0.1) is 5.92 Å². The van der Waals surface area contributed by atoms with E-state index < -0.39 is 0 Å². The highest BCUT2D eigenvalue weighted by atomic mass is 32.1. The molecule has 0 aliphatic carbocycles. The van der Waals surface area contributed by atoms with Gasteiger partial charge in [0.1, 0.15) is 0 Å². The van der Waals surface area contributed by atoms with Gasteiger partial charge in [0.15, 0.2) is 0 Å². The molecule has 84 valence electrons. The molecule has 0 spiro atoms. The molecule has 1 fully saturated rings. The van der Waals surface area contributed by atoms with E-state index in [1.807, 2.05) is 0 Å². The molecule has 2 heterocycles. The summed E-state index contributed by atoms with van der Waals surface area (Å²) < 4.78 is 5.90. The van der Waals surface area contributed by atoms with Crippen LogP contribution in [0.2, 0.25) is 0 Å². The van der Waals surface area contributed by atoms with Gasteiger partial charge in [0.2, 0.25) is 0 Å². The summed E-state index contributed by atoms with van der Waals surface area (Å²) in [6, 6.07) is 4.23. The summed E-state index contributed by atoms with van der Waals surface area (Å²) in [5.74, 6) is 0.709. The van der Waals surface area contributed by atoms with Crippen LogP contribution >= 0.6 is 11.3 Å². The van der Waals surface area contributed by atoms with Gasteiger partial charge >= 0.3 is 0 Å². The average molecular weight is 225 g/mol. The first-order chi connectivity index (χ1) is 7.36. The van der Waals surface area contributed by atoms with Gasteiger partial charge in [-0.05, 0) is 43.7 Å². The Balaban J connectivity index is 1.73. The predicted molar refractivity (Wildman–Crippen MR) is 64.3 cm³/mol. The Kier molecular flexibility index (Phi) is 4.18. The summed E-state index contributed by atoms with van der Waals surface area (Å²) in [5.41, 5.74) is 0. The van der Waals surface area contributed by atoms with E-state index in [9.17, 15) is 0 Å². The molecule has 15 heavy (non-hydrogen) atoms. The minimum atomic E-state index is 0.256. The van der Waals surface area contributed by atoms with Gasteiger partial charge < -0.3 is 10.1 Å². The molecular weight excluding hydrogens is 206 g/mol. The van der Waals surface area contributed by atoms with Crippen LogP contribution in [0.5, 0.6) is 0 Å². The van der Waals surface area contributed by atoms with Crippen molar-refractivity contribution in [1.82, 2.24) is 5.32 Å². The smallest absolute Gasteiger partial charge is 0.0888 e. The number of piperidine rings is 1. The van der Waals surface area contributed by atoms with Crippen LogP contribution in [0.4, 0.5) is 0 Å². The van der Waals surface area contributed by atoms with Gasteiger partial charge in [-0.2, -0.15) is 0 Å². The van der Waals surface area contributed by atoms with Crippen LogP contribution < -0.4 is 5.32 Å². The lowest BCUT2D eigenvalue weighted by molar-refractivity contribution is 0.0355. The molecule has 0 radical (unpaired) electrons. The quantitative estimate of drug-likeness (QED) is 0.851. The first-order valence-electron chi connectivity index (χ1n) is 5.72. The van der Waals surface area contributed by atoms with Crippen molar-refractivity contribution in [2.75, 3.05) is 19.7 Å². The lowest BCUT2D eigenvalue weighted by Gasteiger charge is -2.24. The van der Waals surface area contributed by atoms with Crippen LogP contribution in [0.3, 0.4) is 0 Å². The van der Waals surface area contributed by atoms with Crippen LogP contribution in [0.15, 0.2) is 17.5 Å². The molecule has 1 saturated heterocycles. The molecule has 0 bridgehead atoms. The predicted octanol–water partition coefficient (Wildman–Crippen LogP) is 2.83. The average Bonchev–Trinajstić information content (AvgIpc) is 2.81. The van der Waals surface area contributed by atoms with E-state index >= 15 is 0 Å². The van der Waals surface area contributed by atoms with Gasteiger partial charge in [0, 0.05) is 11.4 Å². The summed E-state index contributed by atoms with van der Waals surface area (Å²) in [5, 5.41) is 5.52. The molecule has 1 aromatic rings. The number of ether oxygens (including phenoxy) is 1. The van der Waals surface area contributed by atoms with Crippen LogP contribution in [0.1, 0.15) is 30.7 Å². The van der Waals surface area contributed by atoms with Crippen molar-refractivity contribution in [1.29, 1.82) is 0 Å². The number of nitrogens with one attached hydrogen (secondary N) is 1. The largest absolute Gasteiger partial charge is 0.373 e. The van der Waals surface area contributed by atoms with Crippen LogP contribution in [-0.4, -0.2) is 19.7 Å². The molecule has 0 unspecified atom stereocenters. The fourth-order valence-corrected chi connectivity index (χ4v) is 2.68. The summed E-state index contributed by atoms with van der Waals surface area (Å²) >= 11 is 1.78. The van der Waals surface area contributed by atoms with Crippen molar-refractivity contribution in [2.24, 2.45) is 5.92 Å². The molecule has 0 aromatic carbocycles. The molecule has 1 aliphatic rings. The van der Waals surface area contributed by atoms with Gasteiger partial charge in [-0.3, -0.25) is 0 Å². The third-order valence-electron chi connectivity index (χ3n) is 2.92. The number of hydrogen-bond donors (Lipinski definition) is 1. The summed E-state index contributed by atoms with van der Waals surface area (Å²) in [6.45, 7) is 5.34. The fraction of sp³-hybridized carbons (Fsp3) is 0.667. The highest BCUT2D eigenvalue weighted by Crippen LogP contribution is 2.23. The topological polar surface area (TPSA) is 21.3 Å². The molecule has 3 heteroatoms. The maximum Gasteiger partial charge on any atom is 0.0888 e. The molecule has 1 N–H and O–H groups in total. The van der Waals surface area contributed by atoms with Gasteiger partial charge in [-0.25, -0.2) is 0 Å². The summed E-state index contributed by atoms with van der Waals surface area (Å²) in [4.78, 5) is 1.33. The molecule has 1 aliphatic heterocycles. The Morgan fingerprint density at radius 3 is 3.27 bits per heavy atom. The minimum Gasteiger partial charge on any atom is -0.373 e. The van der Waals surface area contributed by atoms with Crippen molar-refractivity contribution in [3.63, 3.8) is 0 Å². The SMILES string of the molecule is C[C@@H](OC[C@H]1CCCNC1)c1cccs1. The second-order valence-corrected chi connectivity index (χ2v) is 5.18. The van der Waals surface area contributed by atoms with Gasteiger partial charge in [-0.1, -0.05) is 6.07 Å². The Morgan fingerprint density at radius 2 is 2.60 bits per heavy atom. The number of thiophene rings is 1. The van der Waals surface area contributed by atoms with Crippen molar-refractivity contribution in [2.45, 2.75) is 25.9 Å². The maximum absolute atomic E-state index is 5.90. The highest BCUT2D eigenvalue weighted by Gasteiger charge is 2.15. The highest BCUT2D eigenvalue weighted by molar-refractivity contribution is 7.10. The monoisotopic (exact) mass is 225 g/mol. The first kappa shape index (κ1) is 11.1. The summed E-state index contributed by atoms with van der Waals surface area (Å²) in [6.07, 6.45) is 2.86. The second kappa shape index (κ2) is 5.64. The third-order valence-corrected chi connectivity index (χ3v) is 3.96. The Labute approximate surface area is 95.6 Å². The van der Waals surface area contributed by atoms with E-state index in [0.29, 0.717) is 5.92 Å². The van der Waals surface area contributed by atoms with E-state index in [-0.39, 0.29) is 6.10 Å². The van der Waals surface area contributed by atoms with Gasteiger partial charge in [0.05, 0.1) is 12.7 Å². The normalized spacial score (nSPS) is 23.9. The van der Waals surface area contributed by atoms with Crippen LogP contribution in [0.25, 0.3) is 0 Å². The van der Waals surface area contributed by atoms with E-state index in [1.165, 1.54) is 24.3 Å². The van der Waals surface area contributed by atoms with Gasteiger partial charge in [0.25, 0.3) is 0 Å². The summed E-state index contributed by atoms with van der Waals surface area (Å²) in [7, 11) is 0.